The van der Waals surface area contributed by atoms with Crippen molar-refractivity contribution >= 4 is 28.3 Å². The third-order valence-corrected chi connectivity index (χ3v) is 3.63. The molecule has 3 rings (SSSR count). The van der Waals surface area contributed by atoms with Crippen LogP contribution in [0.3, 0.4) is 0 Å². The van der Waals surface area contributed by atoms with Gasteiger partial charge in [-0.1, -0.05) is 5.21 Å². The van der Waals surface area contributed by atoms with Gasteiger partial charge in [-0.05, 0) is 25.1 Å². The van der Waals surface area contributed by atoms with E-state index in [1.165, 1.54) is 6.07 Å². The Balaban J connectivity index is 2.03. The zero-order chi connectivity index (χ0) is 13.4. The summed E-state index contributed by atoms with van der Waals surface area (Å²) in [5.74, 6) is -0.955. The van der Waals surface area contributed by atoms with Gasteiger partial charge in [0.2, 0.25) is 0 Å². The summed E-state index contributed by atoms with van der Waals surface area (Å²) in [6, 6.07) is 4.78. The molecule has 0 radical (unpaired) electrons. The summed E-state index contributed by atoms with van der Waals surface area (Å²) in [6.45, 7) is 2.49. The molecule has 0 bridgehead atoms. The van der Waals surface area contributed by atoms with Crippen LogP contribution in [0.25, 0.3) is 11.0 Å². The van der Waals surface area contributed by atoms with Crippen LogP contribution in [0.1, 0.15) is 20.2 Å². The first kappa shape index (κ1) is 11.8. The normalized spacial score (nSPS) is 11.0. The van der Waals surface area contributed by atoms with Crippen molar-refractivity contribution in [3.63, 3.8) is 0 Å². The number of thiazole rings is 1. The van der Waals surface area contributed by atoms with Gasteiger partial charge in [0.05, 0.1) is 22.6 Å². The Bertz CT molecular complexity index is 762. The summed E-state index contributed by atoms with van der Waals surface area (Å²) in [5, 5.41) is 18.1. The van der Waals surface area contributed by atoms with E-state index in [-0.39, 0.29) is 5.56 Å². The zero-order valence-electron chi connectivity index (χ0n) is 10.1. The number of fused-ring (bicyclic) bond motifs is 1. The fourth-order valence-electron chi connectivity index (χ4n) is 1.84. The Morgan fingerprint density at radius 1 is 1.47 bits per heavy atom. The molecule has 1 N–H and O–H groups in total. The molecule has 2 aromatic heterocycles. The number of hydrogen-bond donors (Lipinski definition) is 1. The third-order valence-electron chi connectivity index (χ3n) is 2.74. The van der Waals surface area contributed by atoms with Gasteiger partial charge in [0.25, 0.3) is 0 Å². The summed E-state index contributed by atoms with van der Waals surface area (Å²) in [5.41, 5.74) is 1.63. The van der Waals surface area contributed by atoms with Gasteiger partial charge in [0.15, 0.2) is 0 Å². The molecule has 3 aromatic rings. The number of benzene rings is 1. The van der Waals surface area contributed by atoms with Crippen molar-refractivity contribution < 1.29 is 9.90 Å². The van der Waals surface area contributed by atoms with Crippen molar-refractivity contribution in [1.82, 2.24) is 20.0 Å². The van der Waals surface area contributed by atoms with Crippen LogP contribution in [0.2, 0.25) is 0 Å². The molecule has 1 aromatic carbocycles. The molecule has 0 aliphatic carbocycles. The van der Waals surface area contributed by atoms with E-state index >= 15 is 0 Å². The minimum absolute atomic E-state index is 0.233. The van der Waals surface area contributed by atoms with Gasteiger partial charge in [0, 0.05) is 11.1 Å². The first-order chi connectivity index (χ1) is 9.13. The number of aryl methyl sites for hydroxylation is 1. The lowest BCUT2D eigenvalue weighted by Crippen LogP contribution is -2.01. The summed E-state index contributed by atoms with van der Waals surface area (Å²) in [4.78, 5) is 16.2. The molecular weight excluding hydrogens is 264 g/mol. The van der Waals surface area contributed by atoms with E-state index in [9.17, 15) is 4.79 Å². The van der Waals surface area contributed by atoms with Crippen molar-refractivity contribution in [3.05, 3.63) is 39.8 Å². The van der Waals surface area contributed by atoms with E-state index in [0.29, 0.717) is 17.6 Å². The zero-order valence-corrected chi connectivity index (χ0v) is 10.9. The van der Waals surface area contributed by atoms with Crippen molar-refractivity contribution in [2.45, 2.75) is 13.5 Å². The first-order valence-corrected chi connectivity index (χ1v) is 6.43. The van der Waals surface area contributed by atoms with Crippen molar-refractivity contribution in [2.75, 3.05) is 0 Å². The largest absolute Gasteiger partial charge is 0.478 e. The van der Waals surface area contributed by atoms with Crippen molar-refractivity contribution in [2.24, 2.45) is 0 Å². The van der Waals surface area contributed by atoms with Crippen LogP contribution in [0, 0.1) is 6.92 Å². The quantitative estimate of drug-likeness (QED) is 0.789. The van der Waals surface area contributed by atoms with E-state index in [0.717, 1.165) is 9.88 Å². The van der Waals surface area contributed by atoms with Gasteiger partial charge in [-0.2, -0.15) is 0 Å². The molecule has 0 atom stereocenters. The maximum Gasteiger partial charge on any atom is 0.335 e. The van der Waals surface area contributed by atoms with E-state index in [1.54, 1.807) is 34.3 Å². The molecule has 6 nitrogen and oxygen atoms in total. The van der Waals surface area contributed by atoms with Crippen molar-refractivity contribution in [1.29, 1.82) is 0 Å². The van der Waals surface area contributed by atoms with Gasteiger partial charge in [-0.3, -0.25) is 0 Å². The lowest BCUT2D eigenvalue weighted by atomic mass is 10.2. The molecule has 0 amide bonds. The van der Waals surface area contributed by atoms with Gasteiger partial charge < -0.3 is 5.11 Å². The number of nitrogens with zero attached hydrogens (tertiary/aromatic N) is 4. The molecule has 0 aliphatic heterocycles. The molecular formula is C12H10N4O2S. The Morgan fingerprint density at radius 2 is 2.32 bits per heavy atom. The molecule has 0 saturated carbocycles. The number of carbonyl (C=O) groups is 1. The number of carboxylic acids is 1. The number of rotatable bonds is 3. The molecule has 7 heteroatoms. The monoisotopic (exact) mass is 274 g/mol. The maximum atomic E-state index is 11.0. The Hall–Kier alpha value is -2.28. The van der Waals surface area contributed by atoms with E-state index in [4.69, 9.17) is 5.11 Å². The minimum atomic E-state index is -0.955. The van der Waals surface area contributed by atoms with E-state index in [1.807, 2.05) is 6.92 Å². The second kappa shape index (κ2) is 4.43. The average Bonchev–Trinajstić information content (AvgIpc) is 2.96. The molecule has 0 spiro atoms. The fraction of sp³-hybridized carbons (Fsp3) is 0.167. The number of hydrogen-bond acceptors (Lipinski definition) is 5. The number of aromatic nitrogens is 4. The van der Waals surface area contributed by atoms with E-state index < -0.39 is 5.97 Å². The molecule has 0 unspecified atom stereocenters. The highest BCUT2D eigenvalue weighted by Crippen LogP contribution is 2.17. The predicted octanol–water partition coefficient (Wildman–Crippen LogP) is 1.94. The van der Waals surface area contributed by atoms with Crippen LogP contribution in [-0.2, 0) is 6.54 Å². The van der Waals surface area contributed by atoms with Crippen molar-refractivity contribution in [3.8, 4) is 0 Å². The van der Waals surface area contributed by atoms with Gasteiger partial charge in [-0.15, -0.1) is 16.4 Å². The molecule has 2 heterocycles. The molecule has 0 saturated heterocycles. The van der Waals surface area contributed by atoms with E-state index in [2.05, 4.69) is 15.3 Å². The predicted molar refractivity (Wildman–Crippen MR) is 70.4 cm³/mol. The van der Waals surface area contributed by atoms with Gasteiger partial charge in [-0.25, -0.2) is 14.5 Å². The highest BCUT2D eigenvalue weighted by molar-refractivity contribution is 7.11. The van der Waals surface area contributed by atoms with Crippen LogP contribution in [0.5, 0.6) is 0 Å². The Morgan fingerprint density at radius 3 is 3.00 bits per heavy atom. The summed E-state index contributed by atoms with van der Waals surface area (Å²) < 4.78 is 1.69. The molecule has 0 fully saturated rings. The molecule has 0 aliphatic rings. The first-order valence-electron chi connectivity index (χ1n) is 5.61. The topological polar surface area (TPSA) is 80.9 Å². The van der Waals surface area contributed by atoms with Crippen LogP contribution in [0.4, 0.5) is 0 Å². The standard InChI is InChI=1S/C12H10N4O2S/c1-7-13-5-9(19-7)6-16-11-4-8(12(17)18)2-3-10(11)14-15-16/h2-5H,6H2,1H3,(H,17,18). The molecule has 96 valence electrons. The van der Waals surface area contributed by atoms with Crippen LogP contribution in [-0.4, -0.2) is 31.1 Å². The molecule has 19 heavy (non-hydrogen) atoms. The fourth-order valence-corrected chi connectivity index (χ4v) is 2.62. The van der Waals surface area contributed by atoms with Crippen LogP contribution >= 0.6 is 11.3 Å². The smallest absolute Gasteiger partial charge is 0.335 e. The van der Waals surface area contributed by atoms with Gasteiger partial charge in [0.1, 0.15) is 5.52 Å². The number of carboxylic acid groups (broad SMARTS) is 1. The van der Waals surface area contributed by atoms with Crippen LogP contribution in [0.15, 0.2) is 24.4 Å². The van der Waals surface area contributed by atoms with Crippen LogP contribution < -0.4 is 0 Å². The summed E-state index contributed by atoms with van der Waals surface area (Å²) in [7, 11) is 0. The summed E-state index contributed by atoms with van der Waals surface area (Å²) in [6.07, 6.45) is 1.80. The Kier molecular flexibility index (Phi) is 2.75. The second-order valence-electron chi connectivity index (χ2n) is 4.10. The highest BCUT2D eigenvalue weighted by atomic mass is 32.1. The average molecular weight is 274 g/mol. The second-order valence-corrected chi connectivity index (χ2v) is 5.42. The maximum absolute atomic E-state index is 11.0. The number of aromatic carboxylic acids is 1. The van der Waals surface area contributed by atoms with Gasteiger partial charge >= 0.3 is 5.97 Å². The highest BCUT2D eigenvalue weighted by Gasteiger charge is 2.10. The lowest BCUT2D eigenvalue weighted by Gasteiger charge is -2.00. The minimum Gasteiger partial charge on any atom is -0.478 e. The summed E-state index contributed by atoms with van der Waals surface area (Å²) >= 11 is 1.59. The Labute approximate surface area is 112 Å². The third kappa shape index (κ3) is 2.19. The SMILES string of the molecule is Cc1ncc(Cn2nnc3ccc(C(=O)O)cc32)s1. The lowest BCUT2D eigenvalue weighted by molar-refractivity contribution is 0.0697.